The van der Waals surface area contributed by atoms with E-state index in [4.69, 9.17) is 5.73 Å². The predicted molar refractivity (Wildman–Crippen MR) is 72.7 cm³/mol. The van der Waals surface area contributed by atoms with Crippen LogP contribution in [0, 0.1) is 5.92 Å². The van der Waals surface area contributed by atoms with Crippen LogP contribution in [0.1, 0.15) is 43.7 Å². The van der Waals surface area contributed by atoms with E-state index in [1.165, 1.54) is 32.1 Å². The number of hydrogen-bond acceptors (Lipinski definition) is 2. The smallest absolute Gasteiger partial charge is 0.110 e. The van der Waals surface area contributed by atoms with Crippen LogP contribution in [0.2, 0.25) is 0 Å². The highest BCUT2D eigenvalue weighted by atomic mass is 79.9. The molecule has 2 rings (SSSR count). The van der Waals surface area contributed by atoms with Crippen LogP contribution >= 0.6 is 28.3 Å². The average molecular weight is 306 g/mol. The van der Waals surface area contributed by atoms with Gasteiger partial charge in [-0.05, 0) is 40.8 Å². The molecular formula is C12H18BrClN2. The molecule has 0 spiro atoms. The fraction of sp³-hybridized carbons (Fsp3) is 0.583. The van der Waals surface area contributed by atoms with Gasteiger partial charge < -0.3 is 5.73 Å². The van der Waals surface area contributed by atoms with Gasteiger partial charge in [-0.3, -0.25) is 0 Å². The molecule has 16 heavy (non-hydrogen) atoms. The third-order valence-corrected chi connectivity index (χ3v) is 3.97. The van der Waals surface area contributed by atoms with Crippen molar-refractivity contribution >= 4 is 28.3 Å². The molecule has 0 unspecified atom stereocenters. The lowest BCUT2D eigenvalue weighted by atomic mass is 9.82. The molecule has 1 aromatic rings. The Bertz CT molecular complexity index is 327. The number of nitrogens with two attached hydrogens (primary N) is 1. The lowest BCUT2D eigenvalue weighted by Gasteiger charge is -2.28. The van der Waals surface area contributed by atoms with Gasteiger partial charge in [-0.2, -0.15) is 0 Å². The third-order valence-electron chi connectivity index (χ3n) is 3.30. The Kier molecular flexibility index (Phi) is 5.73. The normalized spacial score (nSPS) is 18.9. The van der Waals surface area contributed by atoms with Gasteiger partial charge in [-0.15, -0.1) is 12.4 Å². The summed E-state index contributed by atoms with van der Waals surface area (Å²) in [6, 6.07) is 4.19. The largest absolute Gasteiger partial charge is 0.324 e. The highest BCUT2D eigenvalue weighted by Gasteiger charge is 2.23. The standard InChI is InChI=1S/C12H17BrN2.ClH/c13-12-10(7-4-8-15-12)11(14)9-5-2-1-3-6-9;/h4,7-9,11H,1-3,5-6,14H2;1H/t11-;/m0./s1. The van der Waals surface area contributed by atoms with Crippen LogP contribution in [0.3, 0.4) is 0 Å². The lowest BCUT2D eigenvalue weighted by Crippen LogP contribution is -2.24. The van der Waals surface area contributed by atoms with Gasteiger partial charge in [-0.25, -0.2) is 4.98 Å². The molecule has 1 saturated carbocycles. The van der Waals surface area contributed by atoms with E-state index in [1.54, 1.807) is 6.20 Å². The SMILES string of the molecule is Cl.N[C@H](c1cccnc1Br)C1CCCCC1. The molecule has 1 aliphatic carbocycles. The van der Waals surface area contributed by atoms with Gasteiger partial charge in [0.1, 0.15) is 4.60 Å². The first-order valence-electron chi connectivity index (χ1n) is 5.65. The molecule has 0 saturated heterocycles. The molecule has 90 valence electrons. The maximum absolute atomic E-state index is 6.30. The molecule has 1 fully saturated rings. The van der Waals surface area contributed by atoms with Crippen LogP contribution in [-0.4, -0.2) is 4.98 Å². The average Bonchev–Trinajstić information content (AvgIpc) is 2.30. The number of aromatic nitrogens is 1. The maximum atomic E-state index is 6.30. The summed E-state index contributed by atoms with van der Waals surface area (Å²) >= 11 is 3.47. The first-order valence-corrected chi connectivity index (χ1v) is 6.44. The second-order valence-electron chi connectivity index (χ2n) is 4.31. The highest BCUT2D eigenvalue weighted by Crippen LogP contribution is 2.34. The summed E-state index contributed by atoms with van der Waals surface area (Å²) in [6.45, 7) is 0. The Labute approximate surface area is 112 Å². The molecule has 2 nitrogen and oxygen atoms in total. The number of hydrogen-bond donors (Lipinski definition) is 1. The first-order chi connectivity index (χ1) is 7.29. The number of rotatable bonds is 2. The topological polar surface area (TPSA) is 38.9 Å². The minimum Gasteiger partial charge on any atom is -0.324 e. The molecule has 0 aromatic carbocycles. The molecule has 0 amide bonds. The Morgan fingerprint density at radius 3 is 2.62 bits per heavy atom. The van der Waals surface area contributed by atoms with Crippen molar-refractivity contribution in [3.63, 3.8) is 0 Å². The van der Waals surface area contributed by atoms with Crippen molar-refractivity contribution in [2.24, 2.45) is 11.7 Å². The van der Waals surface area contributed by atoms with Crippen molar-refractivity contribution in [1.82, 2.24) is 4.98 Å². The molecule has 0 bridgehead atoms. The van der Waals surface area contributed by atoms with Crippen LogP contribution in [0.25, 0.3) is 0 Å². The van der Waals surface area contributed by atoms with Crippen molar-refractivity contribution in [3.05, 3.63) is 28.5 Å². The zero-order valence-electron chi connectivity index (χ0n) is 9.23. The van der Waals surface area contributed by atoms with Crippen LogP contribution in [0.15, 0.2) is 22.9 Å². The summed E-state index contributed by atoms with van der Waals surface area (Å²) in [7, 11) is 0. The predicted octanol–water partition coefficient (Wildman–Crippen LogP) is 3.85. The quantitative estimate of drug-likeness (QED) is 0.843. The molecule has 2 N–H and O–H groups in total. The minimum atomic E-state index is 0. The van der Waals surface area contributed by atoms with Gasteiger partial charge in [0, 0.05) is 17.8 Å². The van der Waals surface area contributed by atoms with Gasteiger partial charge in [0.25, 0.3) is 0 Å². The van der Waals surface area contributed by atoms with E-state index in [-0.39, 0.29) is 18.4 Å². The summed E-state index contributed by atoms with van der Waals surface area (Å²) < 4.78 is 0.906. The summed E-state index contributed by atoms with van der Waals surface area (Å²) in [6.07, 6.45) is 8.36. The van der Waals surface area contributed by atoms with E-state index in [2.05, 4.69) is 27.0 Å². The van der Waals surface area contributed by atoms with Crippen LogP contribution in [0.4, 0.5) is 0 Å². The van der Waals surface area contributed by atoms with Crippen molar-refractivity contribution in [1.29, 1.82) is 0 Å². The molecule has 0 radical (unpaired) electrons. The Morgan fingerprint density at radius 1 is 1.31 bits per heavy atom. The van der Waals surface area contributed by atoms with Gasteiger partial charge >= 0.3 is 0 Å². The van der Waals surface area contributed by atoms with E-state index in [9.17, 15) is 0 Å². The number of halogens is 2. The van der Waals surface area contributed by atoms with Crippen LogP contribution in [0.5, 0.6) is 0 Å². The van der Waals surface area contributed by atoms with E-state index in [0.717, 1.165) is 10.2 Å². The molecule has 4 heteroatoms. The van der Waals surface area contributed by atoms with Gasteiger partial charge in [-0.1, -0.05) is 25.3 Å². The van der Waals surface area contributed by atoms with Crippen LogP contribution < -0.4 is 5.73 Å². The van der Waals surface area contributed by atoms with Crippen molar-refractivity contribution in [2.45, 2.75) is 38.1 Å². The number of pyridine rings is 1. The molecule has 1 aromatic heterocycles. The summed E-state index contributed by atoms with van der Waals surface area (Å²) in [5.41, 5.74) is 7.46. The molecule has 1 atom stereocenters. The van der Waals surface area contributed by atoms with Crippen molar-refractivity contribution in [3.8, 4) is 0 Å². The fourth-order valence-electron chi connectivity index (χ4n) is 2.39. The molecular weight excluding hydrogens is 288 g/mol. The second kappa shape index (κ2) is 6.58. The molecule has 1 heterocycles. The Hall–Kier alpha value is -0.120. The van der Waals surface area contributed by atoms with E-state index >= 15 is 0 Å². The third kappa shape index (κ3) is 3.19. The fourth-order valence-corrected chi connectivity index (χ4v) is 2.91. The number of nitrogens with zero attached hydrogens (tertiary/aromatic N) is 1. The molecule has 1 aliphatic rings. The first kappa shape index (κ1) is 13.9. The molecule has 0 aliphatic heterocycles. The van der Waals surface area contributed by atoms with E-state index < -0.39 is 0 Å². The van der Waals surface area contributed by atoms with E-state index in [1.807, 2.05) is 6.07 Å². The van der Waals surface area contributed by atoms with Crippen molar-refractivity contribution in [2.75, 3.05) is 0 Å². The Balaban J connectivity index is 0.00000128. The maximum Gasteiger partial charge on any atom is 0.110 e. The minimum absolute atomic E-state index is 0. The van der Waals surface area contributed by atoms with Crippen molar-refractivity contribution < 1.29 is 0 Å². The zero-order chi connectivity index (χ0) is 10.7. The monoisotopic (exact) mass is 304 g/mol. The summed E-state index contributed by atoms with van der Waals surface area (Å²) in [4.78, 5) is 4.23. The van der Waals surface area contributed by atoms with E-state index in [0.29, 0.717) is 5.92 Å². The summed E-state index contributed by atoms with van der Waals surface area (Å²) in [5, 5.41) is 0. The van der Waals surface area contributed by atoms with Gasteiger partial charge in [0.15, 0.2) is 0 Å². The highest BCUT2D eigenvalue weighted by molar-refractivity contribution is 9.10. The van der Waals surface area contributed by atoms with Gasteiger partial charge in [0.2, 0.25) is 0 Å². The lowest BCUT2D eigenvalue weighted by molar-refractivity contribution is 0.307. The second-order valence-corrected chi connectivity index (χ2v) is 5.06. The van der Waals surface area contributed by atoms with Crippen LogP contribution in [-0.2, 0) is 0 Å². The van der Waals surface area contributed by atoms with Gasteiger partial charge in [0.05, 0.1) is 0 Å². The Morgan fingerprint density at radius 2 is 2.00 bits per heavy atom. The summed E-state index contributed by atoms with van der Waals surface area (Å²) in [5.74, 6) is 0.638. The zero-order valence-corrected chi connectivity index (χ0v) is 11.6.